The summed E-state index contributed by atoms with van der Waals surface area (Å²) in [4.78, 5) is 1.43. The molecule has 0 saturated carbocycles. The predicted molar refractivity (Wildman–Crippen MR) is 85.8 cm³/mol. The molecule has 0 saturated heterocycles. The highest BCUT2D eigenvalue weighted by molar-refractivity contribution is 6.20. The summed E-state index contributed by atoms with van der Waals surface area (Å²) in [5.74, 6) is -0.0457. The SMILES string of the molecule is CCC(Cl)Cc1c(O)cc(O)cc1-n1nc2ccccc2n1. The molecule has 22 heavy (non-hydrogen) atoms. The van der Waals surface area contributed by atoms with Gasteiger partial charge in [0.15, 0.2) is 0 Å². The second-order valence-corrected chi connectivity index (χ2v) is 5.77. The maximum atomic E-state index is 10.2. The van der Waals surface area contributed by atoms with Crippen LogP contribution in [0.4, 0.5) is 0 Å². The third-order valence-corrected chi connectivity index (χ3v) is 4.02. The molecule has 6 heteroatoms. The number of benzene rings is 2. The van der Waals surface area contributed by atoms with Gasteiger partial charge in [-0.25, -0.2) is 0 Å². The van der Waals surface area contributed by atoms with Gasteiger partial charge in [-0.15, -0.1) is 26.6 Å². The van der Waals surface area contributed by atoms with Gasteiger partial charge in [0.2, 0.25) is 0 Å². The average molecular weight is 318 g/mol. The number of aromatic hydroxyl groups is 2. The largest absolute Gasteiger partial charge is 0.508 e. The zero-order chi connectivity index (χ0) is 15.7. The van der Waals surface area contributed by atoms with E-state index in [4.69, 9.17) is 11.6 Å². The van der Waals surface area contributed by atoms with Gasteiger partial charge in [0.05, 0.1) is 5.69 Å². The fraction of sp³-hybridized carbons (Fsp3) is 0.250. The summed E-state index contributed by atoms with van der Waals surface area (Å²) in [6.45, 7) is 1.98. The highest BCUT2D eigenvalue weighted by Gasteiger charge is 2.17. The summed E-state index contributed by atoms with van der Waals surface area (Å²) in [6.07, 6.45) is 1.24. The number of phenols is 2. The van der Waals surface area contributed by atoms with E-state index in [1.165, 1.54) is 16.9 Å². The monoisotopic (exact) mass is 317 g/mol. The number of halogens is 1. The molecule has 1 aromatic heterocycles. The van der Waals surface area contributed by atoms with Crippen LogP contribution < -0.4 is 0 Å². The number of aromatic nitrogens is 3. The molecule has 3 aromatic rings. The third-order valence-electron chi connectivity index (χ3n) is 3.56. The summed E-state index contributed by atoms with van der Waals surface area (Å²) in [6, 6.07) is 10.3. The van der Waals surface area contributed by atoms with Gasteiger partial charge in [-0.3, -0.25) is 0 Å². The lowest BCUT2D eigenvalue weighted by Gasteiger charge is -2.13. The topological polar surface area (TPSA) is 71.2 Å². The first-order chi connectivity index (χ1) is 10.6. The fourth-order valence-corrected chi connectivity index (χ4v) is 2.50. The minimum absolute atomic E-state index is 0.00421. The van der Waals surface area contributed by atoms with Crippen LogP contribution in [0.1, 0.15) is 18.9 Å². The van der Waals surface area contributed by atoms with Crippen molar-refractivity contribution >= 4 is 22.6 Å². The fourth-order valence-electron chi connectivity index (χ4n) is 2.35. The molecule has 1 unspecified atom stereocenters. The van der Waals surface area contributed by atoms with Crippen LogP contribution in [0.15, 0.2) is 36.4 Å². The van der Waals surface area contributed by atoms with Gasteiger partial charge >= 0.3 is 0 Å². The average Bonchev–Trinajstić information content (AvgIpc) is 2.93. The lowest BCUT2D eigenvalue weighted by molar-refractivity contribution is 0.443. The van der Waals surface area contributed by atoms with E-state index in [-0.39, 0.29) is 16.9 Å². The second-order valence-electron chi connectivity index (χ2n) is 5.15. The first kappa shape index (κ1) is 14.7. The van der Waals surface area contributed by atoms with Gasteiger partial charge in [-0.05, 0) is 25.0 Å². The molecule has 0 aliphatic carbocycles. The van der Waals surface area contributed by atoms with E-state index in [1.807, 2.05) is 31.2 Å². The molecule has 2 aromatic carbocycles. The molecule has 0 amide bonds. The lowest BCUT2D eigenvalue weighted by atomic mass is 10.0. The van der Waals surface area contributed by atoms with Crippen LogP contribution in [0.5, 0.6) is 11.5 Å². The molecule has 3 rings (SSSR count). The van der Waals surface area contributed by atoms with Crippen LogP contribution in [0.25, 0.3) is 16.7 Å². The molecule has 0 spiro atoms. The van der Waals surface area contributed by atoms with Crippen LogP contribution in [0.3, 0.4) is 0 Å². The van der Waals surface area contributed by atoms with Crippen molar-refractivity contribution in [3.05, 3.63) is 42.0 Å². The third kappa shape index (κ3) is 2.72. The molecule has 2 N–H and O–H groups in total. The summed E-state index contributed by atoms with van der Waals surface area (Å²) in [5.41, 5.74) is 2.65. The smallest absolute Gasteiger partial charge is 0.124 e. The van der Waals surface area contributed by atoms with Gasteiger partial charge in [0.1, 0.15) is 22.5 Å². The molecule has 0 bridgehead atoms. The lowest BCUT2D eigenvalue weighted by Crippen LogP contribution is -2.08. The Morgan fingerprint density at radius 1 is 1.14 bits per heavy atom. The Kier molecular flexibility index (Phi) is 3.90. The van der Waals surface area contributed by atoms with Crippen molar-refractivity contribution in [2.45, 2.75) is 25.1 Å². The minimum Gasteiger partial charge on any atom is -0.508 e. The van der Waals surface area contributed by atoms with E-state index >= 15 is 0 Å². The number of alkyl halides is 1. The Morgan fingerprint density at radius 2 is 1.77 bits per heavy atom. The minimum atomic E-state index is -0.112. The quantitative estimate of drug-likeness (QED) is 0.724. The molecule has 5 nitrogen and oxygen atoms in total. The summed E-state index contributed by atoms with van der Waals surface area (Å²) >= 11 is 6.23. The summed E-state index contributed by atoms with van der Waals surface area (Å²) < 4.78 is 0. The highest BCUT2D eigenvalue weighted by Crippen LogP contribution is 2.32. The molecule has 0 aliphatic rings. The van der Waals surface area contributed by atoms with Crippen LogP contribution >= 0.6 is 11.6 Å². The van der Waals surface area contributed by atoms with E-state index in [9.17, 15) is 10.2 Å². The number of nitrogens with zero attached hydrogens (tertiary/aromatic N) is 3. The van der Waals surface area contributed by atoms with E-state index in [1.54, 1.807) is 0 Å². The summed E-state index contributed by atoms with van der Waals surface area (Å²) in [7, 11) is 0. The van der Waals surface area contributed by atoms with Gasteiger partial charge in [0.25, 0.3) is 0 Å². The molecule has 114 valence electrons. The maximum Gasteiger partial charge on any atom is 0.124 e. The Balaban J connectivity index is 2.15. The highest BCUT2D eigenvalue weighted by atomic mass is 35.5. The van der Waals surface area contributed by atoms with Crippen molar-refractivity contribution in [1.29, 1.82) is 0 Å². The first-order valence-corrected chi connectivity index (χ1v) is 7.53. The Labute approximate surface area is 132 Å². The number of hydrogen-bond acceptors (Lipinski definition) is 4. The van der Waals surface area contributed by atoms with Crippen LogP contribution in [-0.2, 0) is 6.42 Å². The Bertz CT molecular complexity index is 783. The van der Waals surface area contributed by atoms with Crippen LogP contribution in [0.2, 0.25) is 0 Å². The van der Waals surface area contributed by atoms with E-state index < -0.39 is 0 Å². The molecule has 0 radical (unpaired) electrons. The normalized spacial score (nSPS) is 12.6. The Hall–Kier alpha value is -2.27. The molecule has 0 aliphatic heterocycles. The maximum absolute atomic E-state index is 10.2. The van der Waals surface area contributed by atoms with Gasteiger partial charge in [-0.2, -0.15) is 0 Å². The Morgan fingerprint density at radius 3 is 2.36 bits per heavy atom. The molecule has 1 heterocycles. The number of fused-ring (bicyclic) bond motifs is 1. The first-order valence-electron chi connectivity index (χ1n) is 7.10. The van der Waals surface area contributed by atoms with E-state index in [0.717, 1.165) is 17.5 Å². The molecule has 0 fully saturated rings. The molecular weight excluding hydrogens is 302 g/mol. The van der Waals surface area contributed by atoms with Gasteiger partial charge < -0.3 is 10.2 Å². The summed E-state index contributed by atoms with van der Waals surface area (Å²) in [5, 5.41) is 28.6. The van der Waals surface area contributed by atoms with E-state index in [2.05, 4.69) is 10.2 Å². The second kappa shape index (κ2) is 5.85. The van der Waals surface area contributed by atoms with Gasteiger partial charge in [-0.1, -0.05) is 19.1 Å². The van der Waals surface area contributed by atoms with Crippen molar-refractivity contribution in [1.82, 2.24) is 15.0 Å². The zero-order valence-electron chi connectivity index (χ0n) is 12.1. The standard InChI is InChI=1S/C16H16ClN3O2/c1-2-10(17)7-12-15(8-11(21)9-16(12)22)20-18-13-5-3-4-6-14(13)19-20/h3-6,8-10,21-22H,2,7H2,1H3. The predicted octanol–water partition coefficient (Wildman–Crippen LogP) is 3.39. The number of phenolic OH excluding ortho intramolecular Hbond substituents is 2. The molecule has 1 atom stereocenters. The van der Waals surface area contributed by atoms with Crippen molar-refractivity contribution in [2.75, 3.05) is 0 Å². The molecular formula is C16H16ClN3O2. The van der Waals surface area contributed by atoms with Crippen molar-refractivity contribution < 1.29 is 10.2 Å². The van der Waals surface area contributed by atoms with Crippen LogP contribution in [-0.4, -0.2) is 30.6 Å². The zero-order valence-corrected chi connectivity index (χ0v) is 12.8. The number of hydrogen-bond donors (Lipinski definition) is 2. The van der Waals surface area contributed by atoms with Gasteiger partial charge in [0, 0.05) is 23.1 Å². The van der Waals surface area contributed by atoms with E-state index in [0.29, 0.717) is 17.7 Å². The van der Waals surface area contributed by atoms with Crippen LogP contribution in [0, 0.1) is 0 Å². The number of rotatable bonds is 4. The van der Waals surface area contributed by atoms with Crippen molar-refractivity contribution in [3.63, 3.8) is 0 Å². The van der Waals surface area contributed by atoms with Crippen molar-refractivity contribution in [3.8, 4) is 17.2 Å². The van der Waals surface area contributed by atoms with Crippen molar-refractivity contribution in [2.24, 2.45) is 0 Å².